The molecule has 8 aliphatic rings. The minimum absolute atomic E-state index is 0.115. The average molecular weight is 927 g/mol. The fraction of sp³-hybridized carbons (Fsp3) is 0.915. The molecule has 10 N–H and O–H groups in total. The number of carbonyl (C=O) groups is 2. The first kappa shape index (κ1) is 49.5. The van der Waals surface area contributed by atoms with Gasteiger partial charge in [0.25, 0.3) is 0 Å². The van der Waals surface area contributed by atoms with Crippen molar-refractivity contribution in [2.75, 3.05) is 13.2 Å². The Hall–Kier alpha value is -1.88. The van der Waals surface area contributed by atoms with E-state index in [2.05, 4.69) is 54.5 Å². The van der Waals surface area contributed by atoms with E-state index in [9.17, 15) is 60.7 Å². The number of hydrogen-bond acceptors (Lipinski definition) is 17. The van der Waals surface area contributed by atoms with E-state index in [1.165, 1.54) is 5.57 Å². The van der Waals surface area contributed by atoms with Crippen LogP contribution in [0.2, 0.25) is 0 Å². The van der Waals surface area contributed by atoms with Crippen molar-refractivity contribution < 1.29 is 89.1 Å². The van der Waals surface area contributed by atoms with E-state index in [-0.39, 0.29) is 46.5 Å². The van der Waals surface area contributed by atoms with Gasteiger partial charge in [0.05, 0.1) is 24.7 Å². The maximum atomic E-state index is 14.7. The number of carboxylic acid groups (broad SMARTS) is 1. The molecule has 0 spiro atoms. The highest BCUT2D eigenvalue weighted by atomic mass is 16.8. The van der Waals surface area contributed by atoms with Crippen LogP contribution in [0.5, 0.6) is 0 Å². The Morgan fingerprint density at radius 2 is 1.42 bits per heavy atom. The van der Waals surface area contributed by atoms with E-state index in [4.69, 9.17) is 28.4 Å². The highest BCUT2D eigenvalue weighted by molar-refractivity contribution is 5.79. The van der Waals surface area contributed by atoms with Crippen LogP contribution in [-0.2, 0) is 38.0 Å². The summed E-state index contributed by atoms with van der Waals surface area (Å²) in [4.78, 5) is 26.9. The van der Waals surface area contributed by atoms with E-state index in [1.54, 1.807) is 0 Å². The lowest BCUT2D eigenvalue weighted by atomic mass is 9.33. The van der Waals surface area contributed by atoms with Gasteiger partial charge in [-0.1, -0.05) is 60.1 Å². The molecule has 3 aliphatic heterocycles. The summed E-state index contributed by atoms with van der Waals surface area (Å²) in [7, 11) is 0. The molecule has 24 atom stereocenters. The average Bonchev–Trinajstić information content (AvgIpc) is 3.25. The third-order valence-electron chi connectivity index (χ3n) is 19.2. The highest BCUT2D eigenvalue weighted by Crippen LogP contribution is 2.76. The Balaban J connectivity index is 1.05. The Labute approximate surface area is 380 Å². The summed E-state index contributed by atoms with van der Waals surface area (Å²) in [6.45, 7) is 14.9. The van der Waals surface area contributed by atoms with E-state index in [1.807, 2.05) is 0 Å². The molecule has 18 nitrogen and oxygen atoms in total. The van der Waals surface area contributed by atoms with Gasteiger partial charge in [-0.25, -0.2) is 4.79 Å². The van der Waals surface area contributed by atoms with E-state index in [0.717, 1.165) is 38.5 Å². The molecule has 0 aromatic rings. The predicted octanol–water partition coefficient (Wildman–Crippen LogP) is 0.728. The zero-order valence-electron chi connectivity index (χ0n) is 38.6. The minimum atomic E-state index is -1.92. The minimum Gasteiger partial charge on any atom is -0.479 e. The van der Waals surface area contributed by atoms with Crippen LogP contribution in [0.25, 0.3) is 0 Å². The van der Waals surface area contributed by atoms with Crippen LogP contribution in [0.3, 0.4) is 0 Å². The molecule has 18 heteroatoms. The molecule has 8 rings (SSSR count). The molecule has 370 valence electrons. The molecule has 0 aromatic carbocycles. The number of fused-ring (bicyclic) bond motifs is 7. The van der Waals surface area contributed by atoms with Crippen LogP contribution in [0, 0.1) is 56.7 Å². The van der Waals surface area contributed by atoms with Gasteiger partial charge in [-0.2, -0.15) is 0 Å². The van der Waals surface area contributed by atoms with Gasteiger partial charge < -0.3 is 79.5 Å². The van der Waals surface area contributed by atoms with Crippen molar-refractivity contribution in [3.05, 3.63) is 11.6 Å². The number of aliphatic carboxylic acids is 1. The van der Waals surface area contributed by atoms with Crippen molar-refractivity contribution in [2.45, 2.75) is 198 Å². The van der Waals surface area contributed by atoms with Gasteiger partial charge in [0.2, 0.25) is 6.29 Å². The van der Waals surface area contributed by atoms with Gasteiger partial charge in [0.15, 0.2) is 18.7 Å². The number of carboxylic acids is 1. The summed E-state index contributed by atoms with van der Waals surface area (Å²) in [6, 6.07) is 0. The summed E-state index contributed by atoms with van der Waals surface area (Å²) in [5.74, 6) is -1.39. The number of carbonyl (C=O) groups excluding carboxylic acids is 1. The summed E-state index contributed by atoms with van der Waals surface area (Å²) in [5, 5.41) is 105. The van der Waals surface area contributed by atoms with Crippen LogP contribution in [0.4, 0.5) is 0 Å². The monoisotopic (exact) mass is 926 g/mol. The Kier molecular flexibility index (Phi) is 13.3. The molecule has 65 heavy (non-hydrogen) atoms. The second kappa shape index (κ2) is 17.5. The number of ether oxygens (including phenoxy) is 6. The zero-order chi connectivity index (χ0) is 47.5. The Bertz CT molecular complexity index is 1810. The standard InChI is InChI=1S/C47H74O18/c1-20-10-15-47(42(59)65-40-35(56)31(52)30(51)24(18-48)61-40)17-16-45(6)22(28(47)21(20)2)8-9-26-44(5)13-12-27(43(3,4)25(44)11-14-46(26,45)7)62-41-37(33(54)32(53)36(63-41)38(57)58)64-39-34(55)29(50)23(49)19-60-39/h8,20-21,23-37,39-41,48-56H,9-19H2,1-7H3,(H,57,58)/t20-,21+,23+,24-,25+,26-,27+,28+,29+,30-,31+,32+,33+,34-,35-,36+,37-,39-,40+,41-,44+,45-,46-,47+/m1/s1. The molecule has 3 heterocycles. The SMILES string of the molecule is C[C@H]1[C@H](C)CC[C@]2(C(=O)O[C@@H]3O[C@H](CO)[C@@H](O)[C@H](O)[C@H]3O)CC[C@]3(C)C(=CC[C@@H]4[C@@]5(C)CC[C@H](O[C@@H]6O[C@H](C(=O)O)[C@@H](O)[C@H](O)[C@H]6O[C@H]6OC[C@H](O)[C@H](O)[C@H]6O)C(C)(C)[C@@H]5CC[C@]43C)[C@H]12. The van der Waals surface area contributed by atoms with Crippen molar-refractivity contribution in [3.63, 3.8) is 0 Å². The van der Waals surface area contributed by atoms with Gasteiger partial charge in [0.1, 0.15) is 61.0 Å². The van der Waals surface area contributed by atoms with E-state index < -0.39 is 121 Å². The first-order chi connectivity index (χ1) is 30.4. The molecule has 7 fully saturated rings. The van der Waals surface area contributed by atoms with Gasteiger partial charge in [-0.05, 0) is 109 Å². The Morgan fingerprint density at radius 1 is 0.723 bits per heavy atom. The molecule has 4 saturated carbocycles. The highest BCUT2D eigenvalue weighted by Gasteiger charge is 2.70. The molecule has 0 amide bonds. The van der Waals surface area contributed by atoms with Crippen LogP contribution in [0.15, 0.2) is 11.6 Å². The number of hydrogen-bond donors (Lipinski definition) is 10. The summed E-state index contributed by atoms with van der Waals surface area (Å²) < 4.78 is 35.6. The molecule has 0 aromatic heterocycles. The molecular formula is C47H74O18. The van der Waals surface area contributed by atoms with Crippen molar-refractivity contribution in [1.82, 2.24) is 0 Å². The largest absolute Gasteiger partial charge is 0.479 e. The second-order valence-electron chi connectivity index (χ2n) is 22.5. The van der Waals surface area contributed by atoms with E-state index in [0.29, 0.717) is 25.2 Å². The normalized spacial score (nSPS) is 54.2. The van der Waals surface area contributed by atoms with Gasteiger partial charge in [0, 0.05) is 0 Å². The first-order valence-electron chi connectivity index (χ1n) is 23.8. The summed E-state index contributed by atoms with van der Waals surface area (Å²) in [6.07, 6.45) is -14.4. The third-order valence-corrected chi connectivity index (χ3v) is 19.2. The van der Waals surface area contributed by atoms with Crippen molar-refractivity contribution in [3.8, 4) is 0 Å². The molecule has 3 saturated heterocycles. The molecule has 0 unspecified atom stereocenters. The number of esters is 1. The molecule has 5 aliphatic carbocycles. The zero-order valence-corrected chi connectivity index (χ0v) is 38.6. The van der Waals surface area contributed by atoms with Crippen LogP contribution >= 0.6 is 0 Å². The molecule has 0 radical (unpaired) electrons. The van der Waals surface area contributed by atoms with Crippen LogP contribution < -0.4 is 0 Å². The fourth-order valence-electron chi connectivity index (χ4n) is 15.0. The Morgan fingerprint density at radius 3 is 2.09 bits per heavy atom. The summed E-state index contributed by atoms with van der Waals surface area (Å²) >= 11 is 0. The maximum absolute atomic E-state index is 14.7. The van der Waals surface area contributed by atoms with Crippen molar-refractivity contribution in [1.29, 1.82) is 0 Å². The maximum Gasteiger partial charge on any atom is 0.335 e. The topological polar surface area (TPSA) is 292 Å². The fourth-order valence-corrected chi connectivity index (χ4v) is 15.0. The summed E-state index contributed by atoms with van der Waals surface area (Å²) in [5.41, 5.74) is -0.830. The van der Waals surface area contributed by atoms with Gasteiger partial charge >= 0.3 is 11.9 Å². The first-order valence-corrected chi connectivity index (χ1v) is 23.8. The number of allylic oxidation sites excluding steroid dienone is 2. The van der Waals surface area contributed by atoms with Crippen LogP contribution in [-0.4, -0.2) is 168 Å². The number of rotatable bonds is 8. The smallest absolute Gasteiger partial charge is 0.335 e. The lowest BCUT2D eigenvalue weighted by Gasteiger charge is -2.71. The van der Waals surface area contributed by atoms with Crippen molar-refractivity contribution >= 4 is 11.9 Å². The third kappa shape index (κ3) is 7.58. The lowest BCUT2D eigenvalue weighted by Crippen LogP contribution is -2.67. The quantitative estimate of drug-likeness (QED) is 0.0912. The van der Waals surface area contributed by atoms with E-state index >= 15 is 0 Å². The van der Waals surface area contributed by atoms with Crippen molar-refractivity contribution in [2.24, 2.45) is 56.7 Å². The number of aliphatic hydroxyl groups excluding tert-OH is 9. The van der Waals surface area contributed by atoms with Crippen LogP contribution in [0.1, 0.15) is 106 Å². The lowest BCUT2D eigenvalue weighted by molar-refractivity contribution is -0.366. The molecular weight excluding hydrogens is 852 g/mol. The van der Waals surface area contributed by atoms with Gasteiger partial charge in [-0.15, -0.1) is 0 Å². The second-order valence-corrected chi connectivity index (χ2v) is 22.5. The predicted molar refractivity (Wildman–Crippen MR) is 225 cm³/mol. The van der Waals surface area contributed by atoms with Gasteiger partial charge in [-0.3, -0.25) is 4.79 Å². The number of aliphatic hydroxyl groups is 9. The molecule has 0 bridgehead atoms.